The van der Waals surface area contributed by atoms with Crippen molar-refractivity contribution in [1.82, 2.24) is 28.9 Å². The van der Waals surface area contributed by atoms with Crippen LogP contribution in [0, 0.1) is 11.8 Å². The van der Waals surface area contributed by atoms with E-state index in [0.29, 0.717) is 45.6 Å². The highest BCUT2D eigenvalue weighted by Gasteiger charge is 2.29. The Kier molecular flexibility index (Phi) is 11.1. The van der Waals surface area contributed by atoms with Gasteiger partial charge in [0.2, 0.25) is 37.1 Å². The normalized spacial score (nSPS) is 12.1. The van der Waals surface area contributed by atoms with E-state index in [4.69, 9.17) is 0 Å². The third-order valence-electron chi connectivity index (χ3n) is 7.59. The first-order chi connectivity index (χ1) is 21.0. The second kappa shape index (κ2) is 15.1. The summed E-state index contributed by atoms with van der Waals surface area (Å²) in [4.78, 5) is 38.6. The number of nitrogens with one attached hydrogen (secondary N) is 2. The molecule has 44 heavy (non-hydrogen) atoms. The summed E-state index contributed by atoms with van der Waals surface area (Å²) in [5, 5.41) is 15.7. The molecule has 3 N–H and O–H groups in total. The van der Waals surface area contributed by atoms with Gasteiger partial charge < -0.3 is 15.7 Å². The average Bonchev–Trinajstić information content (AvgIpc) is 3.77. The third kappa shape index (κ3) is 9.64. The van der Waals surface area contributed by atoms with Crippen molar-refractivity contribution in [3.63, 3.8) is 0 Å². The molecule has 0 fully saturated rings. The molecule has 1 atom stereocenters. The second-order valence-corrected chi connectivity index (χ2v) is 11.7. The molecule has 0 aliphatic heterocycles. The quantitative estimate of drug-likeness (QED) is 0.0980. The summed E-state index contributed by atoms with van der Waals surface area (Å²) in [6.45, 7) is 2.32. The number of carboxylic acid groups (broad SMARTS) is 1. The van der Waals surface area contributed by atoms with Gasteiger partial charge in [0.05, 0.1) is 28.2 Å². The molecular formula is C30H46N10O4+4. The number of aliphatic carboxylic acids is 1. The van der Waals surface area contributed by atoms with Crippen LogP contribution < -0.4 is 28.9 Å². The maximum absolute atomic E-state index is 13.4. The van der Waals surface area contributed by atoms with E-state index in [9.17, 15) is 19.5 Å². The van der Waals surface area contributed by atoms with Gasteiger partial charge in [0.25, 0.3) is 0 Å². The molecule has 0 spiro atoms. The summed E-state index contributed by atoms with van der Waals surface area (Å²) < 4.78 is 15.5. The average molecular weight is 611 g/mol. The molecule has 0 bridgehead atoms. The molecule has 0 aromatic carbocycles. The van der Waals surface area contributed by atoms with Crippen LogP contribution in [0.3, 0.4) is 0 Å². The Morgan fingerprint density at radius 3 is 1.36 bits per heavy atom. The zero-order chi connectivity index (χ0) is 31.6. The number of unbranched alkanes of at least 4 members (excludes halogenated alkanes) is 1. The van der Waals surface area contributed by atoms with Gasteiger partial charge in [-0.25, -0.2) is 41.3 Å². The molecule has 0 aliphatic carbocycles. The van der Waals surface area contributed by atoms with E-state index in [-0.39, 0.29) is 24.2 Å². The molecule has 14 nitrogen and oxygen atoms in total. The fourth-order valence-electron chi connectivity index (χ4n) is 5.28. The van der Waals surface area contributed by atoms with Gasteiger partial charge in [-0.15, -0.1) is 0 Å². The van der Waals surface area contributed by atoms with Crippen molar-refractivity contribution in [2.24, 2.45) is 40.0 Å². The number of carbonyl (C=O) groups is 3. The van der Waals surface area contributed by atoms with Crippen LogP contribution in [0.4, 0.5) is 0 Å². The third-order valence-corrected chi connectivity index (χ3v) is 7.59. The van der Waals surface area contributed by atoms with Crippen LogP contribution >= 0.6 is 0 Å². The molecule has 2 amide bonds. The van der Waals surface area contributed by atoms with Crippen molar-refractivity contribution >= 4 is 17.8 Å². The van der Waals surface area contributed by atoms with E-state index in [1.54, 1.807) is 0 Å². The van der Waals surface area contributed by atoms with Gasteiger partial charge in [-0.05, 0) is 19.3 Å². The number of carboxylic acids is 1. The number of amides is 2. The van der Waals surface area contributed by atoms with Crippen molar-refractivity contribution < 1.29 is 37.8 Å². The Balaban J connectivity index is 1.28. The number of nitrogens with zero attached hydrogens (tertiary/aromatic N) is 8. The van der Waals surface area contributed by atoms with Crippen molar-refractivity contribution in [2.75, 3.05) is 6.54 Å². The lowest BCUT2D eigenvalue weighted by molar-refractivity contribution is -0.671. The summed E-state index contributed by atoms with van der Waals surface area (Å²) >= 11 is 0. The Morgan fingerprint density at radius 2 is 1.02 bits per heavy atom. The Labute approximate surface area is 257 Å². The number of aryl methyl sites for hydroxylation is 4. The molecule has 0 radical (unpaired) electrons. The van der Waals surface area contributed by atoms with Gasteiger partial charge in [-0.2, -0.15) is 0 Å². The molecule has 1 unspecified atom stereocenters. The van der Waals surface area contributed by atoms with Gasteiger partial charge in [-0.1, -0.05) is 0 Å². The van der Waals surface area contributed by atoms with Crippen molar-refractivity contribution in [3.8, 4) is 0 Å². The van der Waals surface area contributed by atoms with Gasteiger partial charge in [0.1, 0.15) is 93.6 Å². The van der Waals surface area contributed by atoms with Crippen molar-refractivity contribution in [3.05, 3.63) is 74.9 Å². The minimum Gasteiger partial charge on any atom is -0.480 e. The molecular weight excluding hydrogens is 564 g/mol. The molecule has 0 aliphatic rings. The van der Waals surface area contributed by atoms with E-state index in [1.807, 2.05) is 140 Å². The lowest BCUT2D eigenvalue weighted by Crippen LogP contribution is -2.45. The van der Waals surface area contributed by atoms with Crippen LogP contribution in [0.5, 0.6) is 0 Å². The Bertz CT molecular complexity index is 1450. The first-order valence-corrected chi connectivity index (χ1v) is 14.9. The smallest absolute Gasteiger partial charge is 0.326 e. The molecule has 14 heteroatoms. The number of hydrogen-bond donors (Lipinski definition) is 3. The van der Waals surface area contributed by atoms with Crippen LogP contribution in [0.1, 0.15) is 19.3 Å². The summed E-state index contributed by atoms with van der Waals surface area (Å²) in [5.74, 6) is -2.19. The molecule has 4 aromatic heterocycles. The van der Waals surface area contributed by atoms with Crippen LogP contribution in [0.2, 0.25) is 0 Å². The highest BCUT2D eigenvalue weighted by atomic mass is 16.4. The monoisotopic (exact) mass is 610 g/mol. The van der Waals surface area contributed by atoms with Crippen molar-refractivity contribution in [2.45, 2.75) is 51.5 Å². The first kappa shape index (κ1) is 32.2. The van der Waals surface area contributed by atoms with Gasteiger partial charge in [0, 0.05) is 6.54 Å². The first-order valence-electron chi connectivity index (χ1n) is 14.9. The number of aromatic nitrogens is 8. The summed E-state index contributed by atoms with van der Waals surface area (Å²) in [6, 6.07) is -1.01. The minimum atomic E-state index is -1.07. The van der Waals surface area contributed by atoms with Crippen LogP contribution in [0.25, 0.3) is 0 Å². The van der Waals surface area contributed by atoms with Gasteiger partial charge >= 0.3 is 5.97 Å². The molecule has 0 saturated carbocycles. The van der Waals surface area contributed by atoms with Gasteiger partial charge in [0.15, 0.2) is 0 Å². The van der Waals surface area contributed by atoms with E-state index < -0.39 is 17.9 Å². The maximum atomic E-state index is 13.4. The van der Waals surface area contributed by atoms with Crippen LogP contribution in [-0.2, 0) is 68.8 Å². The van der Waals surface area contributed by atoms with E-state index in [0.717, 1.165) is 0 Å². The van der Waals surface area contributed by atoms with Crippen molar-refractivity contribution in [1.29, 1.82) is 0 Å². The highest BCUT2D eigenvalue weighted by molar-refractivity contribution is 5.84. The SMILES string of the molecule is C[n+]1ccn(CC(Cn2cc[n+](C)c2)C(=O)NCCCCC(NC(=O)C(Cn2cc[n+](C)c2)Cn2cc[n+](C)c2)C(=O)O)c1. The van der Waals surface area contributed by atoms with E-state index in [2.05, 4.69) is 10.6 Å². The molecule has 0 saturated heterocycles. The summed E-state index contributed by atoms with van der Waals surface area (Å²) in [7, 11) is 7.69. The fourth-order valence-corrected chi connectivity index (χ4v) is 5.28. The van der Waals surface area contributed by atoms with Crippen LogP contribution in [-0.4, -0.2) is 53.7 Å². The molecule has 236 valence electrons. The number of imidazole rings is 4. The lowest BCUT2D eigenvalue weighted by Gasteiger charge is -2.19. The predicted molar refractivity (Wildman–Crippen MR) is 156 cm³/mol. The standard InChI is InChI=1S/C30H43N10O4/c1-33-9-13-37(21-33)17-25(18-38-14-10-34(2)22-38)28(41)31-8-6-5-7-27(30(43)44)32-29(42)26(19-39-15-11-35(3)23-39)20-40-16-12-36(4)24-40/h9-16,21-27H,5-8,17-20H2,1-4H3/q+1/p+3. The maximum Gasteiger partial charge on any atom is 0.326 e. The predicted octanol–water partition coefficient (Wildman–Crippen LogP) is -1.62. The zero-order valence-corrected chi connectivity index (χ0v) is 26.1. The molecule has 4 heterocycles. The fraction of sp³-hybridized carbons (Fsp3) is 0.500. The topological polar surface area (TPSA) is 131 Å². The Morgan fingerprint density at radius 1 is 0.636 bits per heavy atom. The summed E-state index contributed by atoms with van der Waals surface area (Å²) in [5.41, 5.74) is 0. The van der Waals surface area contributed by atoms with Crippen LogP contribution in [0.15, 0.2) is 74.9 Å². The zero-order valence-electron chi connectivity index (χ0n) is 26.1. The minimum absolute atomic E-state index is 0.0551. The highest BCUT2D eigenvalue weighted by Crippen LogP contribution is 2.10. The second-order valence-electron chi connectivity index (χ2n) is 11.7. The van der Waals surface area contributed by atoms with Gasteiger partial charge in [-0.3, -0.25) is 9.59 Å². The number of rotatable bonds is 17. The summed E-state index contributed by atoms with van der Waals surface area (Å²) in [6.07, 6.45) is 24.4. The number of hydrogen-bond acceptors (Lipinski definition) is 3. The Hall–Kier alpha value is -4.75. The van der Waals surface area contributed by atoms with E-state index >= 15 is 0 Å². The number of carbonyl (C=O) groups excluding carboxylic acids is 2. The molecule has 4 rings (SSSR count). The van der Waals surface area contributed by atoms with E-state index in [1.165, 1.54) is 0 Å². The molecule has 4 aromatic rings. The lowest BCUT2D eigenvalue weighted by atomic mass is 10.1. The largest absolute Gasteiger partial charge is 0.480 e.